The van der Waals surface area contributed by atoms with Crippen LogP contribution >= 0.6 is 0 Å². The average Bonchev–Trinajstić information content (AvgIpc) is 2.63. The molecule has 1 fully saturated rings. The Kier molecular flexibility index (Phi) is 5.40. The molecule has 0 radical (unpaired) electrons. The SMILES string of the molecule is CCCNC(CN1CCC(C)(C)C1)C(=O)OC. The fourth-order valence-electron chi connectivity index (χ4n) is 2.32. The van der Waals surface area contributed by atoms with E-state index in [1.54, 1.807) is 0 Å². The van der Waals surface area contributed by atoms with Crippen molar-refractivity contribution in [1.82, 2.24) is 10.2 Å². The van der Waals surface area contributed by atoms with Gasteiger partial charge in [-0.05, 0) is 31.3 Å². The van der Waals surface area contributed by atoms with Gasteiger partial charge in [-0.1, -0.05) is 20.8 Å². The first-order chi connectivity index (χ1) is 7.98. The van der Waals surface area contributed by atoms with Gasteiger partial charge in [-0.2, -0.15) is 0 Å². The highest BCUT2D eigenvalue weighted by Crippen LogP contribution is 2.28. The molecule has 1 N–H and O–H groups in total. The summed E-state index contributed by atoms with van der Waals surface area (Å²) in [4.78, 5) is 14.0. The molecule has 1 unspecified atom stereocenters. The lowest BCUT2D eigenvalue weighted by molar-refractivity contribution is -0.143. The molecule has 1 heterocycles. The summed E-state index contributed by atoms with van der Waals surface area (Å²) in [7, 11) is 1.46. The van der Waals surface area contributed by atoms with Crippen LogP contribution in [0.5, 0.6) is 0 Å². The van der Waals surface area contributed by atoms with Gasteiger partial charge in [0.05, 0.1) is 7.11 Å². The molecule has 17 heavy (non-hydrogen) atoms. The van der Waals surface area contributed by atoms with Crippen molar-refractivity contribution in [2.24, 2.45) is 5.41 Å². The van der Waals surface area contributed by atoms with Crippen LogP contribution in [-0.4, -0.2) is 50.2 Å². The Hall–Kier alpha value is -0.610. The van der Waals surface area contributed by atoms with E-state index in [2.05, 4.69) is 31.0 Å². The van der Waals surface area contributed by atoms with Crippen LogP contribution in [0.3, 0.4) is 0 Å². The Morgan fingerprint density at radius 3 is 2.71 bits per heavy atom. The summed E-state index contributed by atoms with van der Waals surface area (Å²) >= 11 is 0. The summed E-state index contributed by atoms with van der Waals surface area (Å²) < 4.78 is 4.84. The number of nitrogens with zero attached hydrogens (tertiary/aromatic N) is 1. The maximum atomic E-state index is 11.7. The fraction of sp³-hybridized carbons (Fsp3) is 0.923. The number of rotatable bonds is 6. The molecule has 4 nitrogen and oxygen atoms in total. The zero-order valence-electron chi connectivity index (χ0n) is 11.6. The highest BCUT2D eigenvalue weighted by molar-refractivity contribution is 5.75. The molecule has 0 aromatic carbocycles. The van der Waals surface area contributed by atoms with Gasteiger partial charge in [-0.25, -0.2) is 0 Å². The van der Waals surface area contributed by atoms with E-state index < -0.39 is 0 Å². The lowest BCUT2D eigenvalue weighted by Gasteiger charge is -2.24. The highest BCUT2D eigenvalue weighted by atomic mass is 16.5. The quantitative estimate of drug-likeness (QED) is 0.712. The molecule has 0 saturated carbocycles. The van der Waals surface area contributed by atoms with Gasteiger partial charge in [-0.15, -0.1) is 0 Å². The molecule has 0 aromatic heterocycles. The van der Waals surface area contributed by atoms with Crippen molar-refractivity contribution in [3.05, 3.63) is 0 Å². The van der Waals surface area contributed by atoms with Crippen LogP contribution in [-0.2, 0) is 9.53 Å². The minimum atomic E-state index is -0.186. The van der Waals surface area contributed by atoms with Crippen LogP contribution in [0.1, 0.15) is 33.6 Å². The first-order valence-corrected chi connectivity index (χ1v) is 6.52. The van der Waals surface area contributed by atoms with Gasteiger partial charge in [0, 0.05) is 13.1 Å². The summed E-state index contributed by atoms with van der Waals surface area (Å²) in [6.45, 7) is 10.4. The third kappa shape index (κ3) is 4.64. The van der Waals surface area contributed by atoms with Crippen molar-refractivity contribution < 1.29 is 9.53 Å². The van der Waals surface area contributed by atoms with Gasteiger partial charge in [0.15, 0.2) is 0 Å². The summed E-state index contributed by atoms with van der Waals surface area (Å²) in [5.41, 5.74) is 0.380. The number of nitrogens with one attached hydrogen (secondary N) is 1. The molecule has 0 aliphatic carbocycles. The smallest absolute Gasteiger partial charge is 0.324 e. The minimum Gasteiger partial charge on any atom is -0.468 e. The molecule has 1 saturated heterocycles. The van der Waals surface area contributed by atoms with E-state index in [4.69, 9.17) is 4.74 Å². The third-order valence-corrected chi connectivity index (χ3v) is 3.32. The van der Waals surface area contributed by atoms with Gasteiger partial charge in [0.25, 0.3) is 0 Å². The van der Waals surface area contributed by atoms with Crippen molar-refractivity contribution in [3.63, 3.8) is 0 Å². The topological polar surface area (TPSA) is 41.6 Å². The van der Waals surface area contributed by atoms with Crippen molar-refractivity contribution in [2.75, 3.05) is 33.3 Å². The summed E-state index contributed by atoms with van der Waals surface area (Å²) in [5.74, 6) is -0.150. The molecule has 1 aliphatic rings. The number of hydrogen-bond acceptors (Lipinski definition) is 4. The van der Waals surface area contributed by atoms with E-state index in [1.807, 2.05) is 0 Å². The van der Waals surface area contributed by atoms with E-state index in [9.17, 15) is 4.79 Å². The summed E-state index contributed by atoms with van der Waals surface area (Å²) in [6.07, 6.45) is 2.23. The standard InChI is InChI=1S/C13H26N2O2/c1-5-7-14-11(12(16)17-4)9-15-8-6-13(2,3)10-15/h11,14H,5-10H2,1-4H3. The van der Waals surface area contributed by atoms with Gasteiger partial charge in [0.1, 0.15) is 6.04 Å². The largest absolute Gasteiger partial charge is 0.468 e. The number of carbonyl (C=O) groups is 1. The predicted octanol–water partition coefficient (Wildman–Crippen LogP) is 1.26. The van der Waals surface area contributed by atoms with Crippen LogP contribution in [0.4, 0.5) is 0 Å². The molecule has 1 atom stereocenters. The second-order valence-corrected chi connectivity index (χ2v) is 5.68. The van der Waals surface area contributed by atoms with E-state index in [-0.39, 0.29) is 12.0 Å². The van der Waals surface area contributed by atoms with Gasteiger partial charge >= 0.3 is 5.97 Å². The molecule has 0 bridgehead atoms. The highest BCUT2D eigenvalue weighted by Gasteiger charge is 2.32. The zero-order chi connectivity index (χ0) is 12.9. The van der Waals surface area contributed by atoms with Crippen LogP contribution < -0.4 is 5.32 Å². The second-order valence-electron chi connectivity index (χ2n) is 5.68. The summed E-state index contributed by atoms with van der Waals surface area (Å²) in [6, 6.07) is -0.186. The molecule has 0 aromatic rings. The Morgan fingerprint density at radius 2 is 2.24 bits per heavy atom. The Bertz CT molecular complexity index is 254. The van der Waals surface area contributed by atoms with Gasteiger partial charge in [0.2, 0.25) is 0 Å². The van der Waals surface area contributed by atoms with Crippen LogP contribution in [0, 0.1) is 5.41 Å². The van der Waals surface area contributed by atoms with Crippen molar-refractivity contribution in [3.8, 4) is 0 Å². The Labute approximate surface area is 105 Å². The second kappa shape index (κ2) is 6.36. The Balaban J connectivity index is 2.46. The Morgan fingerprint density at radius 1 is 1.53 bits per heavy atom. The number of carbonyl (C=O) groups excluding carboxylic acids is 1. The van der Waals surface area contributed by atoms with Crippen molar-refractivity contribution >= 4 is 5.97 Å². The van der Waals surface area contributed by atoms with Gasteiger partial charge < -0.3 is 15.0 Å². The van der Waals surface area contributed by atoms with Crippen LogP contribution in [0.2, 0.25) is 0 Å². The number of ether oxygens (including phenoxy) is 1. The molecular formula is C13H26N2O2. The summed E-state index contributed by atoms with van der Waals surface area (Å²) in [5, 5.41) is 3.26. The minimum absolute atomic E-state index is 0.150. The normalized spacial score (nSPS) is 21.4. The lowest BCUT2D eigenvalue weighted by Crippen LogP contribution is -2.46. The van der Waals surface area contributed by atoms with Crippen molar-refractivity contribution in [2.45, 2.75) is 39.7 Å². The molecule has 1 rings (SSSR count). The molecule has 1 aliphatic heterocycles. The zero-order valence-corrected chi connectivity index (χ0v) is 11.6. The average molecular weight is 242 g/mol. The van der Waals surface area contributed by atoms with E-state index in [0.717, 1.165) is 32.6 Å². The van der Waals surface area contributed by atoms with Gasteiger partial charge in [-0.3, -0.25) is 4.79 Å². The molecule has 0 amide bonds. The maximum Gasteiger partial charge on any atom is 0.324 e. The number of hydrogen-bond donors (Lipinski definition) is 1. The first-order valence-electron chi connectivity index (χ1n) is 6.52. The number of esters is 1. The number of methoxy groups -OCH3 is 1. The van der Waals surface area contributed by atoms with E-state index >= 15 is 0 Å². The number of likely N-dealkylation sites (tertiary alicyclic amines) is 1. The predicted molar refractivity (Wildman–Crippen MR) is 68.9 cm³/mol. The molecular weight excluding hydrogens is 216 g/mol. The van der Waals surface area contributed by atoms with E-state index in [1.165, 1.54) is 13.5 Å². The first kappa shape index (κ1) is 14.5. The maximum absolute atomic E-state index is 11.7. The molecule has 0 spiro atoms. The molecule has 4 heteroatoms. The lowest BCUT2D eigenvalue weighted by atomic mass is 9.93. The van der Waals surface area contributed by atoms with Crippen LogP contribution in [0.25, 0.3) is 0 Å². The van der Waals surface area contributed by atoms with Crippen LogP contribution in [0.15, 0.2) is 0 Å². The fourth-order valence-corrected chi connectivity index (χ4v) is 2.32. The van der Waals surface area contributed by atoms with E-state index in [0.29, 0.717) is 5.41 Å². The molecule has 100 valence electrons. The third-order valence-electron chi connectivity index (χ3n) is 3.32. The van der Waals surface area contributed by atoms with Crippen molar-refractivity contribution in [1.29, 1.82) is 0 Å². The monoisotopic (exact) mass is 242 g/mol.